The number of halogens is 1. The number of ketones is 1. The van der Waals surface area contributed by atoms with Crippen molar-refractivity contribution in [1.82, 2.24) is 0 Å². The number of aromatic hydroxyl groups is 1. The van der Waals surface area contributed by atoms with E-state index in [1.54, 1.807) is 6.08 Å². The Bertz CT molecular complexity index is 735. The maximum atomic E-state index is 12.1. The third kappa shape index (κ3) is 3.91. The predicted octanol–water partition coefficient (Wildman–Crippen LogP) is 3.59. The van der Waals surface area contributed by atoms with Gasteiger partial charge in [0.15, 0.2) is 5.78 Å². The van der Waals surface area contributed by atoms with Gasteiger partial charge in [0.05, 0.1) is 11.1 Å². The molecule has 0 aromatic heterocycles. The van der Waals surface area contributed by atoms with Crippen molar-refractivity contribution in [2.75, 3.05) is 0 Å². The molecule has 0 atom stereocenters. The van der Waals surface area contributed by atoms with Crippen LogP contribution in [0.1, 0.15) is 26.3 Å². The Kier molecular flexibility index (Phi) is 4.74. The highest BCUT2D eigenvalue weighted by molar-refractivity contribution is 14.1. The molecule has 0 unspecified atom stereocenters. The van der Waals surface area contributed by atoms with Crippen LogP contribution in [0, 0.1) is 3.57 Å². The molecule has 0 radical (unpaired) electrons. The van der Waals surface area contributed by atoms with E-state index in [9.17, 15) is 14.7 Å². The van der Waals surface area contributed by atoms with Gasteiger partial charge < -0.3 is 10.2 Å². The Hall–Kier alpha value is -2.15. The second-order valence-corrected chi connectivity index (χ2v) is 5.54. The van der Waals surface area contributed by atoms with Crippen molar-refractivity contribution in [3.8, 4) is 5.75 Å². The van der Waals surface area contributed by atoms with E-state index in [1.807, 2.05) is 24.3 Å². The molecule has 0 spiro atoms. The normalized spacial score (nSPS) is 10.7. The van der Waals surface area contributed by atoms with Gasteiger partial charge in [-0.25, -0.2) is 4.79 Å². The van der Waals surface area contributed by atoms with Gasteiger partial charge in [-0.3, -0.25) is 4.79 Å². The van der Waals surface area contributed by atoms with Gasteiger partial charge in [-0.2, -0.15) is 0 Å². The van der Waals surface area contributed by atoms with Crippen LogP contribution in [-0.4, -0.2) is 22.0 Å². The van der Waals surface area contributed by atoms with E-state index in [1.165, 1.54) is 24.3 Å². The molecule has 2 aromatic carbocycles. The zero-order valence-electron chi connectivity index (χ0n) is 10.8. The third-order valence-corrected chi connectivity index (χ3v) is 3.46. The van der Waals surface area contributed by atoms with Crippen LogP contribution in [-0.2, 0) is 0 Å². The van der Waals surface area contributed by atoms with Crippen LogP contribution >= 0.6 is 22.6 Å². The molecule has 0 aliphatic carbocycles. The number of hydrogen-bond donors (Lipinski definition) is 2. The summed E-state index contributed by atoms with van der Waals surface area (Å²) in [5, 5.41) is 18.6. The summed E-state index contributed by atoms with van der Waals surface area (Å²) < 4.78 is 1.04. The minimum absolute atomic E-state index is 0.0308. The molecule has 0 saturated heterocycles. The van der Waals surface area contributed by atoms with Crippen LogP contribution in [0.4, 0.5) is 0 Å². The fourth-order valence-corrected chi connectivity index (χ4v) is 2.31. The van der Waals surface area contributed by atoms with Crippen molar-refractivity contribution in [1.29, 1.82) is 0 Å². The van der Waals surface area contributed by atoms with Crippen LogP contribution in [0.5, 0.6) is 5.75 Å². The SMILES string of the molecule is O=C(O)c1ccc(O)c(C(=O)/C=C/c2cccc(I)c2)c1. The van der Waals surface area contributed by atoms with Gasteiger partial charge in [-0.15, -0.1) is 0 Å². The molecule has 0 amide bonds. The number of carboxylic acid groups (broad SMARTS) is 1. The van der Waals surface area contributed by atoms with Gasteiger partial charge in [0, 0.05) is 3.57 Å². The van der Waals surface area contributed by atoms with E-state index in [4.69, 9.17) is 5.11 Å². The summed E-state index contributed by atoms with van der Waals surface area (Å²) in [5.74, 6) is -1.84. The molecule has 2 aromatic rings. The Morgan fingerprint density at radius 3 is 2.52 bits per heavy atom. The average Bonchev–Trinajstić information content (AvgIpc) is 2.45. The quantitative estimate of drug-likeness (QED) is 0.472. The molecule has 21 heavy (non-hydrogen) atoms. The maximum absolute atomic E-state index is 12.1. The number of carboxylic acids is 1. The Balaban J connectivity index is 2.28. The number of allylic oxidation sites excluding steroid dienone is 1. The lowest BCUT2D eigenvalue weighted by Gasteiger charge is -2.02. The topological polar surface area (TPSA) is 74.6 Å². The minimum Gasteiger partial charge on any atom is -0.507 e. The van der Waals surface area contributed by atoms with Crippen LogP contribution in [0.15, 0.2) is 48.5 Å². The van der Waals surface area contributed by atoms with Crippen LogP contribution in [0.25, 0.3) is 6.08 Å². The highest BCUT2D eigenvalue weighted by Crippen LogP contribution is 2.20. The Morgan fingerprint density at radius 1 is 1.10 bits per heavy atom. The van der Waals surface area contributed by atoms with Crippen molar-refractivity contribution < 1.29 is 19.8 Å². The fourth-order valence-electron chi connectivity index (χ4n) is 1.74. The van der Waals surface area contributed by atoms with E-state index in [0.717, 1.165) is 9.13 Å². The van der Waals surface area contributed by atoms with Crippen molar-refractivity contribution in [2.45, 2.75) is 0 Å². The summed E-state index contributed by atoms with van der Waals surface area (Å²) in [4.78, 5) is 22.9. The number of rotatable bonds is 4. The molecular formula is C16H11IO4. The highest BCUT2D eigenvalue weighted by Gasteiger charge is 2.12. The lowest BCUT2D eigenvalue weighted by atomic mass is 10.0. The van der Waals surface area contributed by atoms with Crippen LogP contribution < -0.4 is 0 Å². The second-order valence-electron chi connectivity index (χ2n) is 4.29. The zero-order valence-corrected chi connectivity index (χ0v) is 12.9. The number of benzene rings is 2. The monoisotopic (exact) mass is 394 g/mol. The first kappa shape index (κ1) is 15.2. The van der Waals surface area contributed by atoms with Crippen molar-refractivity contribution >= 4 is 40.4 Å². The average molecular weight is 394 g/mol. The van der Waals surface area contributed by atoms with Crippen LogP contribution in [0.2, 0.25) is 0 Å². The minimum atomic E-state index is -1.15. The molecule has 2 N–H and O–H groups in total. The number of phenolic OH excluding ortho intramolecular Hbond substituents is 1. The maximum Gasteiger partial charge on any atom is 0.335 e. The summed E-state index contributed by atoms with van der Waals surface area (Å²) in [5.41, 5.74) is 0.778. The predicted molar refractivity (Wildman–Crippen MR) is 87.6 cm³/mol. The molecule has 0 fully saturated rings. The standard InChI is InChI=1S/C16H11IO4/c17-12-3-1-2-10(8-12)4-6-14(18)13-9-11(16(20)21)5-7-15(13)19/h1-9,19H,(H,20,21)/b6-4+. The van der Waals surface area contributed by atoms with Crippen LogP contribution in [0.3, 0.4) is 0 Å². The van der Waals surface area contributed by atoms with Gasteiger partial charge in [0.2, 0.25) is 0 Å². The fraction of sp³-hybridized carbons (Fsp3) is 0. The molecule has 2 rings (SSSR count). The molecule has 106 valence electrons. The molecule has 0 bridgehead atoms. The molecule has 0 aliphatic rings. The number of aromatic carboxylic acids is 1. The number of phenols is 1. The van der Waals surface area contributed by atoms with E-state index < -0.39 is 11.8 Å². The molecule has 0 saturated carbocycles. The van der Waals surface area contributed by atoms with Gasteiger partial charge in [-0.05, 0) is 64.6 Å². The van der Waals surface area contributed by atoms with Gasteiger partial charge in [-0.1, -0.05) is 18.2 Å². The number of carbonyl (C=O) groups excluding carboxylic acids is 1. The summed E-state index contributed by atoms with van der Waals surface area (Å²) in [6.45, 7) is 0. The largest absolute Gasteiger partial charge is 0.507 e. The zero-order chi connectivity index (χ0) is 15.4. The Labute approximate surface area is 134 Å². The molecule has 4 nitrogen and oxygen atoms in total. The third-order valence-electron chi connectivity index (χ3n) is 2.78. The van der Waals surface area contributed by atoms with Crippen molar-refractivity contribution in [3.05, 3.63) is 68.8 Å². The molecular weight excluding hydrogens is 383 g/mol. The lowest BCUT2D eigenvalue weighted by Crippen LogP contribution is -2.01. The number of carbonyl (C=O) groups is 2. The highest BCUT2D eigenvalue weighted by atomic mass is 127. The summed E-state index contributed by atoms with van der Waals surface area (Å²) in [7, 11) is 0. The second kappa shape index (κ2) is 6.53. The first-order chi connectivity index (χ1) is 9.97. The van der Waals surface area contributed by atoms with E-state index in [2.05, 4.69) is 22.6 Å². The lowest BCUT2D eigenvalue weighted by molar-refractivity contribution is 0.0697. The number of hydrogen-bond acceptors (Lipinski definition) is 3. The Morgan fingerprint density at radius 2 is 1.86 bits per heavy atom. The first-order valence-electron chi connectivity index (χ1n) is 6.01. The van der Waals surface area contributed by atoms with E-state index in [-0.39, 0.29) is 16.9 Å². The van der Waals surface area contributed by atoms with Crippen molar-refractivity contribution in [3.63, 3.8) is 0 Å². The van der Waals surface area contributed by atoms with Gasteiger partial charge in [0.1, 0.15) is 5.75 Å². The van der Waals surface area contributed by atoms with Gasteiger partial charge >= 0.3 is 5.97 Å². The van der Waals surface area contributed by atoms with E-state index >= 15 is 0 Å². The molecule has 5 heteroatoms. The molecule has 0 heterocycles. The van der Waals surface area contributed by atoms with Gasteiger partial charge in [0.25, 0.3) is 0 Å². The summed E-state index contributed by atoms with van der Waals surface area (Å²) in [6.07, 6.45) is 2.93. The summed E-state index contributed by atoms with van der Waals surface area (Å²) in [6, 6.07) is 11.2. The summed E-state index contributed by atoms with van der Waals surface area (Å²) >= 11 is 2.17. The van der Waals surface area contributed by atoms with E-state index in [0.29, 0.717) is 0 Å². The molecule has 0 aliphatic heterocycles. The van der Waals surface area contributed by atoms with Crippen molar-refractivity contribution in [2.24, 2.45) is 0 Å². The smallest absolute Gasteiger partial charge is 0.335 e. The first-order valence-corrected chi connectivity index (χ1v) is 7.09.